The van der Waals surface area contributed by atoms with E-state index in [1.165, 1.54) is 0 Å². The van der Waals surface area contributed by atoms with Gasteiger partial charge in [0.15, 0.2) is 0 Å². The number of nitrogens with zero attached hydrogens (tertiary/aromatic N) is 3. The molecule has 0 aliphatic carbocycles. The smallest absolute Gasteiger partial charge is 0.273 e. The lowest BCUT2D eigenvalue weighted by atomic mass is 10.2. The van der Waals surface area contributed by atoms with Crippen molar-refractivity contribution in [1.29, 1.82) is 5.26 Å². The number of aromatic nitrogens is 2. The number of para-hydroxylation sites is 1. The quantitative estimate of drug-likeness (QED) is 0.576. The van der Waals surface area contributed by atoms with Crippen LogP contribution in [-0.4, -0.2) is 9.36 Å². The van der Waals surface area contributed by atoms with E-state index in [0.29, 0.717) is 17.5 Å². The highest BCUT2D eigenvalue weighted by Crippen LogP contribution is 2.17. The SMILES string of the molecule is N#Cc1ccc(-n2c(=O)c3ccccc3n2Cc2ccccc2)cc1. The molecule has 0 fully saturated rings. The second kappa shape index (κ2) is 6.14. The topological polar surface area (TPSA) is 50.7 Å². The molecule has 0 atom stereocenters. The maximum atomic E-state index is 13.0. The molecule has 25 heavy (non-hydrogen) atoms. The highest BCUT2D eigenvalue weighted by molar-refractivity contribution is 5.79. The van der Waals surface area contributed by atoms with Crippen molar-refractivity contribution in [2.24, 2.45) is 0 Å². The van der Waals surface area contributed by atoms with E-state index in [9.17, 15) is 4.79 Å². The molecule has 0 bridgehead atoms. The Morgan fingerprint density at radius 1 is 0.840 bits per heavy atom. The van der Waals surface area contributed by atoms with Crippen LogP contribution < -0.4 is 5.56 Å². The second-order valence-electron chi connectivity index (χ2n) is 5.84. The predicted octanol–water partition coefficient (Wildman–Crippen LogP) is 3.71. The third kappa shape index (κ3) is 2.62. The molecule has 1 aromatic heterocycles. The number of benzene rings is 3. The minimum atomic E-state index is -0.0590. The van der Waals surface area contributed by atoms with E-state index in [4.69, 9.17) is 5.26 Å². The maximum Gasteiger partial charge on any atom is 0.279 e. The van der Waals surface area contributed by atoms with Crippen molar-refractivity contribution in [3.05, 3.63) is 100 Å². The summed E-state index contributed by atoms with van der Waals surface area (Å²) in [5, 5.41) is 9.68. The number of rotatable bonds is 3. The normalized spacial score (nSPS) is 10.7. The number of hydrogen-bond donors (Lipinski definition) is 0. The highest BCUT2D eigenvalue weighted by atomic mass is 16.1. The van der Waals surface area contributed by atoms with Crippen molar-refractivity contribution in [2.75, 3.05) is 0 Å². The number of hydrogen-bond acceptors (Lipinski definition) is 2. The summed E-state index contributed by atoms with van der Waals surface area (Å²) in [5.74, 6) is 0. The van der Waals surface area contributed by atoms with Crippen molar-refractivity contribution in [3.63, 3.8) is 0 Å². The van der Waals surface area contributed by atoms with Crippen molar-refractivity contribution in [3.8, 4) is 11.8 Å². The molecule has 0 N–H and O–H groups in total. The Kier molecular flexibility index (Phi) is 3.68. The van der Waals surface area contributed by atoms with Crippen molar-refractivity contribution < 1.29 is 0 Å². The van der Waals surface area contributed by atoms with Crippen LogP contribution in [0, 0.1) is 11.3 Å². The van der Waals surface area contributed by atoms with Crippen LogP contribution in [0.4, 0.5) is 0 Å². The summed E-state index contributed by atoms with van der Waals surface area (Å²) in [6.45, 7) is 0.587. The molecule has 4 rings (SSSR count). The minimum Gasteiger partial charge on any atom is -0.273 e. The highest BCUT2D eigenvalue weighted by Gasteiger charge is 2.14. The Balaban J connectivity index is 1.96. The molecule has 1 heterocycles. The average molecular weight is 325 g/mol. The lowest BCUT2D eigenvalue weighted by molar-refractivity contribution is 0.612. The molecular formula is C21H15N3O. The maximum absolute atomic E-state index is 13.0. The Labute approximate surface area is 144 Å². The Bertz CT molecular complexity index is 1130. The molecule has 0 aliphatic heterocycles. The molecule has 0 saturated heterocycles. The van der Waals surface area contributed by atoms with Gasteiger partial charge in [0.25, 0.3) is 5.56 Å². The molecule has 3 aromatic carbocycles. The van der Waals surface area contributed by atoms with Gasteiger partial charge in [-0.05, 0) is 42.0 Å². The Morgan fingerprint density at radius 2 is 1.52 bits per heavy atom. The van der Waals surface area contributed by atoms with Crippen molar-refractivity contribution in [2.45, 2.75) is 6.54 Å². The Morgan fingerprint density at radius 3 is 2.24 bits per heavy atom. The van der Waals surface area contributed by atoms with Gasteiger partial charge in [0.05, 0.1) is 34.8 Å². The van der Waals surface area contributed by atoms with Gasteiger partial charge in [-0.25, -0.2) is 4.68 Å². The van der Waals surface area contributed by atoms with E-state index >= 15 is 0 Å². The fourth-order valence-electron chi connectivity index (χ4n) is 3.06. The lowest BCUT2D eigenvalue weighted by Gasteiger charge is -2.13. The molecule has 0 aliphatic rings. The zero-order valence-electron chi connectivity index (χ0n) is 13.5. The third-order valence-electron chi connectivity index (χ3n) is 4.26. The van der Waals surface area contributed by atoms with Crippen LogP contribution in [-0.2, 0) is 6.54 Å². The zero-order chi connectivity index (χ0) is 17.2. The summed E-state index contributed by atoms with van der Waals surface area (Å²) in [4.78, 5) is 13.0. The summed E-state index contributed by atoms with van der Waals surface area (Å²) in [6, 6.07) is 26.8. The predicted molar refractivity (Wildman–Crippen MR) is 97.8 cm³/mol. The fourth-order valence-corrected chi connectivity index (χ4v) is 3.06. The molecule has 0 unspecified atom stereocenters. The number of nitriles is 1. The van der Waals surface area contributed by atoms with E-state index in [1.54, 1.807) is 28.9 Å². The van der Waals surface area contributed by atoms with Gasteiger partial charge in [-0.1, -0.05) is 42.5 Å². The standard InChI is InChI=1S/C21H15N3O/c22-14-16-10-12-18(13-11-16)24-21(25)19-8-4-5-9-20(19)23(24)15-17-6-2-1-3-7-17/h1-13H,15H2. The molecular weight excluding hydrogens is 310 g/mol. The van der Waals surface area contributed by atoms with Crippen LogP contribution in [0.15, 0.2) is 83.7 Å². The van der Waals surface area contributed by atoms with Gasteiger partial charge in [0.2, 0.25) is 0 Å². The van der Waals surface area contributed by atoms with E-state index in [0.717, 1.165) is 16.8 Å². The molecule has 4 heteroatoms. The third-order valence-corrected chi connectivity index (χ3v) is 4.26. The summed E-state index contributed by atoms with van der Waals surface area (Å²) >= 11 is 0. The van der Waals surface area contributed by atoms with Crippen LogP contribution >= 0.6 is 0 Å². The molecule has 0 saturated carbocycles. The molecule has 120 valence electrons. The average Bonchev–Trinajstić information content (AvgIpc) is 2.95. The molecule has 0 amide bonds. The van der Waals surface area contributed by atoms with Gasteiger partial charge in [0.1, 0.15) is 0 Å². The van der Waals surface area contributed by atoms with Gasteiger partial charge >= 0.3 is 0 Å². The first-order chi connectivity index (χ1) is 12.3. The summed E-state index contributed by atoms with van der Waals surface area (Å²) in [6.07, 6.45) is 0. The van der Waals surface area contributed by atoms with Crippen LogP contribution in [0.25, 0.3) is 16.6 Å². The van der Waals surface area contributed by atoms with Crippen molar-refractivity contribution in [1.82, 2.24) is 9.36 Å². The van der Waals surface area contributed by atoms with Gasteiger partial charge in [0, 0.05) is 0 Å². The summed E-state index contributed by atoms with van der Waals surface area (Å²) < 4.78 is 3.66. The van der Waals surface area contributed by atoms with Crippen LogP contribution in [0.3, 0.4) is 0 Å². The summed E-state index contributed by atoms with van der Waals surface area (Å²) in [5.41, 5.74) is 3.27. The van der Waals surface area contributed by atoms with Crippen LogP contribution in [0.2, 0.25) is 0 Å². The Hall–Kier alpha value is -3.58. The monoisotopic (exact) mass is 325 g/mol. The van der Waals surface area contributed by atoms with Crippen molar-refractivity contribution >= 4 is 10.9 Å². The van der Waals surface area contributed by atoms with Gasteiger partial charge in [-0.15, -0.1) is 0 Å². The van der Waals surface area contributed by atoms with Crippen LogP contribution in [0.1, 0.15) is 11.1 Å². The van der Waals surface area contributed by atoms with Gasteiger partial charge in [-0.2, -0.15) is 5.26 Å². The van der Waals surface area contributed by atoms with E-state index in [-0.39, 0.29) is 5.56 Å². The fraction of sp³-hybridized carbons (Fsp3) is 0.0476. The molecule has 4 nitrogen and oxygen atoms in total. The molecule has 0 radical (unpaired) electrons. The molecule has 4 aromatic rings. The first-order valence-corrected chi connectivity index (χ1v) is 8.03. The van der Waals surface area contributed by atoms with Gasteiger partial charge in [-0.3, -0.25) is 9.48 Å². The molecule has 0 spiro atoms. The summed E-state index contributed by atoms with van der Waals surface area (Å²) in [7, 11) is 0. The lowest BCUT2D eigenvalue weighted by Crippen LogP contribution is -2.21. The van der Waals surface area contributed by atoms with Gasteiger partial charge < -0.3 is 0 Å². The first-order valence-electron chi connectivity index (χ1n) is 8.03. The largest absolute Gasteiger partial charge is 0.279 e. The number of fused-ring (bicyclic) bond motifs is 1. The van der Waals surface area contributed by atoms with E-state index in [1.807, 2.05) is 59.3 Å². The van der Waals surface area contributed by atoms with Crippen LogP contribution in [0.5, 0.6) is 0 Å². The van der Waals surface area contributed by atoms with E-state index in [2.05, 4.69) is 6.07 Å². The van der Waals surface area contributed by atoms with E-state index < -0.39 is 0 Å². The second-order valence-corrected chi connectivity index (χ2v) is 5.84. The first kappa shape index (κ1) is 15.0. The zero-order valence-corrected chi connectivity index (χ0v) is 13.5. The minimum absolute atomic E-state index is 0.0590.